The van der Waals surface area contributed by atoms with Crippen molar-refractivity contribution in [2.75, 3.05) is 0 Å². The number of benzene rings is 1. The second kappa shape index (κ2) is 4.62. The fourth-order valence-corrected chi connectivity index (χ4v) is 2.12. The number of non-ortho nitro benzene ring substituents is 1. The maximum Gasteiger partial charge on any atom is 0.270 e. The Morgan fingerprint density at radius 3 is 2.79 bits per heavy atom. The van der Waals surface area contributed by atoms with Gasteiger partial charge in [0, 0.05) is 23.1 Å². The standard InChI is InChI=1S/C12H7N3O3S/c16-15(17)9-3-1-2-8(6-9)11-4-5-12(18-11)10-7-19-14-13-10/h1-7H. The van der Waals surface area contributed by atoms with Gasteiger partial charge in [-0.2, -0.15) is 0 Å². The molecule has 3 rings (SSSR count). The highest BCUT2D eigenvalue weighted by atomic mass is 32.1. The summed E-state index contributed by atoms with van der Waals surface area (Å²) in [5.74, 6) is 1.15. The van der Waals surface area contributed by atoms with Crippen molar-refractivity contribution in [2.45, 2.75) is 0 Å². The van der Waals surface area contributed by atoms with Gasteiger partial charge in [0.2, 0.25) is 0 Å². The highest BCUT2D eigenvalue weighted by Crippen LogP contribution is 2.29. The molecule has 0 bridgehead atoms. The van der Waals surface area contributed by atoms with E-state index in [4.69, 9.17) is 4.42 Å². The molecule has 0 amide bonds. The first-order valence-electron chi connectivity index (χ1n) is 5.36. The van der Waals surface area contributed by atoms with E-state index < -0.39 is 4.92 Å². The summed E-state index contributed by atoms with van der Waals surface area (Å²) < 4.78 is 9.39. The molecule has 0 aliphatic heterocycles. The molecule has 3 aromatic rings. The van der Waals surface area contributed by atoms with E-state index in [0.717, 1.165) is 0 Å². The van der Waals surface area contributed by atoms with Crippen molar-refractivity contribution in [1.82, 2.24) is 9.59 Å². The quantitative estimate of drug-likeness (QED) is 0.539. The molecule has 0 saturated heterocycles. The molecule has 0 fully saturated rings. The monoisotopic (exact) mass is 273 g/mol. The van der Waals surface area contributed by atoms with E-state index in [-0.39, 0.29) is 5.69 Å². The fourth-order valence-electron chi connectivity index (χ4n) is 1.68. The summed E-state index contributed by atoms with van der Waals surface area (Å²) in [4.78, 5) is 10.3. The third-order valence-corrected chi connectivity index (χ3v) is 3.06. The molecule has 1 aromatic carbocycles. The lowest BCUT2D eigenvalue weighted by atomic mass is 10.1. The Kier molecular flexibility index (Phi) is 2.81. The topological polar surface area (TPSA) is 82.1 Å². The molecule has 0 aliphatic rings. The molecule has 0 radical (unpaired) electrons. The molecule has 0 unspecified atom stereocenters. The van der Waals surface area contributed by atoms with Crippen LogP contribution in [0.15, 0.2) is 46.2 Å². The first-order chi connectivity index (χ1) is 9.24. The van der Waals surface area contributed by atoms with Gasteiger partial charge in [-0.3, -0.25) is 10.1 Å². The van der Waals surface area contributed by atoms with Gasteiger partial charge in [0.25, 0.3) is 5.69 Å². The van der Waals surface area contributed by atoms with Gasteiger partial charge in [0.1, 0.15) is 11.5 Å². The van der Waals surface area contributed by atoms with Crippen molar-refractivity contribution in [3.8, 4) is 22.8 Å². The maximum atomic E-state index is 10.7. The van der Waals surface area contributed by atoms with E-state index in [1.807, 2.05) is 0 Å². The molecule has 94 valence electrons. The van der Waals surface area contributed by atoms with E-state index in [9.17, 15) is 10.1 Å². The van der Waals surface area contributed by atoms with Gasteiger partial charge in [0.05, 0.1) is 4.92 Å². The predicted octanol–water partition coefficient (Wildman–Crippen LogP) is 3.37. The van der Waals surface area contributed by atoms with Crippen molar-refractivity contribution in [2.24, 2.45) is 0 Å². The Morgan fingerprint density at radius 1 is 1.21 bits per heavy atom. The van der Waals surface area contributed by atoms with Crippen molar-refractivity contribution >= 4 is 17.2 Å². The van der Waals surface area contributed by atoms with Crippen molar-refractivity contribution < 1.29 is 9.34 Å². The van der Waals surface area contributed by atoms with Gasteiger partial charge in [-0.15, -0.1) is 5.10 Å². The van der Waals surface area contributed by atoms with Gasteiger partial charge in [-0.25, -0.2) is 0 Å². The number of aromatic nitrogens is 2. The highest BCUT2D eigenvalue weighted by Gasteiger charge is 2.12. The number of furan rings is 1. The summed E-state index contributed by atoms with van der Waals surface area (Å²) in [6, 6.07) is 9.83. The van der Waals surface area contributed by atoms with Gasteiger partial charge in [0.15, 0.2) is 5.76 Å². The van der Waals surface area contributed by atoms with Gasteiger partial charge >= 0.3 is 0 Å². The van der Waals surface area contributed by atoms with Crippen LogP contribution in [0.3, 0.4) is 0 Å². The largest absolute Gasteiger partial charge is 0.454 e. The summed E-state index contributed by atoms with van der Waals surface area (Å²) in [6.07, 6.45) is 0. The summed E-state index contributed by atoms with van der Waals surface area (Å²) in [5, 5.41) is 16.4. The second-order valence-corrected chi connectivity index (χ2v) is 4.37. The molecule has 0 saturated carbocycles. The van der Waals surface area contributed by atoms with Crippen LogP contribution in [0, 0.1) is 10.1 Å². The second-order valence-electron chi connectivity index (χ2n) is 3.76. The lowest BCUT2D eigenvalue weighted by Crippen LogP contribution is -1.87. The molecule has 2 aromatic heterocycles. The zero-order chi connectivity index (χ0) is 13.2. The van der Waals surface area contributed by atoms with E-state index in [1.54, 1.807) is 29.6 Å². The van der Waals surface area contributed by atoms with Crippen LogP contribution in [0.2, 0.25) is 0 Å². The minimum atomic E-state index is -0.433. The number of nitro groups is 1. The van der Waals surface area contributed by atoms with Crippen LogP contribution >= 0.6 is 11.5 Å². The number of nitrogens with zero attached hydrogens (tertiary/aromatic N) is 3. The Bertz CT molecular complexity index is 721. The average molecular weight is 273 g/mol. The Morgan fingerprint density at radius 2 is 2.05 bits per heavy atom. The molecule has 19 heavy (non-hydrogen) atoms. The third kappa shape index (κ3) is 2.23. The first-order valence-corrected chi connectivity index (χ1v) is 6.20. The van der Waals surface area contributed by atoms with E-state index in [1.165, 1.54) is 23.7 Å². The zero-order valence-electron chi connectivity index (χ0n) is 9.52. The van der Waals surface area contributed by atoms with Crippen molar-refractivity contribution in [3.63, 3.8) is 0 Å². The van der Waals surface area contributed by atoms with Crippen molar-refractivity contribution in [3.05, 3.63) is 51.9 Å². The molecule has 0 spiro atoms. The lowest BCUT2D eigenvalue weighted by molar-refractivity contribution is -0.384. The summed E-state index contributed by atoms with van der Waals surface area (Å²) in [7, 11) is 0. The van der Waals surface area contributed by atoms with Crippen LogP contribution in [-0.2, 0) is 0 Å². The molecule has 0 N–H and O–H groups in total. The van der Waals surface area contributed by atoms with Crippen LogP contribution in [0.25, 0.3) is 22.8 Å². The van der Waals surface area contributed by atoms with Gasteiger partial charge in [-0.05, 0) is 23.7 Å². The maximum absolute atomic E-state index is 10.7. The van der Waals surface area contributed by atoms with Crippen molar-refractivity contribution in [1.29, 1.82) is 0 Å². The van der Waals surface area contributed by atoms with Crippen LogP contribution in [0.5, 0.6) is 0 Å². The SMILES string of the molecule is O=[N+]([O-])c1cccc(-c2ccc(-c3csnn3)o2)c1. The number of hydrogen-bond acceptors (Lipinski definition) is 6. The minimum absolute atomic E-state index is 0.0331. The van der Waals surface area contributed by atoms with Gasteiger partial charge in [-0.1, -0.05) is 16.6 Å². The Balaban J connectivity index is 1.99. The van der Waals surface area contributed by atoms with E-state index in [2.05, 4.69) is 9.59 Å². The molecular formula is C12H7N3O3S. The fraction of sp³-hybridized carbons (Fsp3) is 0. The zero-order valence-corrected chi connectivity index (χ0v) is 10.3. The normalized spacial score (nSPS) is 10.5. The summed E-state index contributed by atoms with van der Waals surface area (Å²) >= 11 is 1.24. The van der Waals surface area contributed by atoms with Crippen LogP contribution in [0.1, 0.15) is 0 Å². The molecule has 0 aliphatic carbocycles. The lowest BCUT2D eigenvalue weighted by Gasteiger charge is -1.97. The molecule has 2 heterocycles. The summed E-state index contributed by atoms with van der Waals surface area (Å²) in [6.45, 7) is 0. The van der Waals surface area contributed by atoms with Crippen LogP contribution < -0.4 is 0 Å². The van der Waals surface area contributed by atoms with Crippen LogP contribution in [-0.4, -0.2) is 14.5 Å². The number of nitro benzene ring substituents is 1. The molecule has 7 heteroatoms. The average Bonchev–Trinajstić information content (AvgIpc) is 3.09. The number of rotatable bonds is 3. The van der Waals surface area contributed by atoms with Crippen LogP contribution in [0.4, 0.5) is 5.69 Å². The summed E-state index contributed by atoms with van der Waals surface area (Å²) in [5.41, 5.74) is 1.34. The van der Waals surface area contributed by atoms with E-state index >= 15 is 0 Å². The predicted molar refractivity (Wildman–Crippen MR) is 69.7 cm³/mol. The van der Waals surface area contributed by atoms with E-state index in [0.29, 0.717) is 22.8 Å². The first kappa shape index (κ1) is 11.5. The molecule has 0 atom stereocenters. The third-order valence-electron chi connectivity index (χ3n) is 2.56. The molecular weight excluding hydrogens is 266 g/mol. The number of hydrogen-bond donors (Lipinski definition) is 0. The van der Waals surface area contributed by atoms with Gasteiger partial charge < -0.3 is 4.42 Å². The Labute approximate surface area is 111 Å². The Hall–Kier alpha value is -2.54. The highest BCUT2D eigenvalue weighted by molar-refractivity contribution is 7.03. The minimum Gasteiger partial charge on any atom is -0.454 e. The molecule has 6 nitrogen and oxygen atoms in total. The smallest absolute Gasteiger partial charge is 0.270 e.